The van der Waals surface area contributed by atoms with E-state index in [1.807, 2.05) is 6.92 Å². The van der Waals surface area contributed by atoms with E-state index < -0.39 is 0 Å². The molecule has 1 atom stereocenters. The van der Waals surface area contributed by atoms with Gasteiger partial charge in [0.15, 0.2) is 5.75 Å². The van der Waals surface area contributed by atoms with Gasteiger partial charge in [-0.2, -0.15) is 5.10 Å². The smallest absolute Gasteiger partial charge is 0.165 e. The summed E-state index contributed by atoms with van der Waals surface area (Å²) >= 11 is 0. The largest absolute Gasteiger partial charge is 0.454 e. The van der Waals surface area contributed by atoms with Gasteiger partial charge >= 0.3 is 0 Å². The third kappa shape index (κ3) is 2.68. The van der Waals surface area contributed by atoms with Crippen molar-refractivity contribution in [2.45, 2.75) is 26.4 Å². The molecule has 0 amide bonds. The predicted octanol–water partition coefficient (Wildman–Crippen LogP) is 2.85. The molecule has 0 aliphatic carbocycles. The summed E-state index contributed by atoms with van der Waals surface area (Å²) in [7, 11) is 0. The maximum atomic E-state index is 13.2. The van der Waals surface area contributed by atoms with Crippen LogP contribution >= 0.6 is 0 Å². The van der Waals surface area contributed by atoms with Crippen LogP contribution in [0.1, 0.15) is 25.5 Å². The van der Waals surface area contributed by atoms with Crippen LogP contribution in [0.4, 0.5) is 4.39 Å². The lowest BCUT2D eigenvalue weighted by Gasteiger charge is -2.12. The van der Waals surface area contributed by atoms with E-state index in [9.17, 15) is 4.39 Å². The highest BCUT2D eigenvalue weighted by Crippen LogP contribution is 2.29. The second-order valence-corrected chi connectivity index (χ2v) is 4.10. The zero-order chi connectivity index (χ0) is 13.1. The van der Waals surface area contributed by atoms with Crippen LogP contribution in [0, 0.1) is 5.82 Å². The van der Waals surface area contributed by atoms with Gasteiger partial charge in [0.25, 0.3) is 0 Å². The molecule has 0 fully saturated rings. The van der Waals surface area contributed by atoms with Gasteiger partial charge in [0.1, 0.15) is 11.6 Å². The number of nitrogens with two attached hydrogens (primary N) is 1. The molecule has 2 aromatic rings. The van der Waals surface area contributed by atoms with Crippen molar-refractivity contribution in [3.63, 3.8) is 0 Å². The van der Waals surface area contributed by atoms with Crippen LogP contribution in [0.25, 0.3) is 0 Å². The Balaban J connectivity index is 2.28. The molecule has 2 N–H and O–H groups in total. The number of aryl methyl sites for hydroxylation is 1. The Bertz CT molecular complexity index is 537. The maximum Gasteiger partial charge on any atom is 0.165 e. The Morgan fingerprint density at radius 2 is 2.28 bits per heavy atom. The number of halogens is 1. The zero-order valence-corrected chi connectivity index (χ0v) is 10.4. The third-order valence-electron chi connectivity index (χ3n) is 2.62. The summed E-state index contributed by atoms with van der Waals surface area (Å²) < 4.78 is 20.6. The predicted molar refractivity (Wildman–Crippen MR) is 67.0 cm³/mol. The summed E-state index contributed by atoms with van der Waals surface area (Å²) in [4.78, 5) is 0. The highest BCUT2D eigenvalue weighted by molar-refractivity contribution is 5.38. The second-order valence-electron chi connectivity index (χ2n) is 4.10. The molecule has 1 aromatic heterocycles. The van der Waals surface area contributed by atoms with Gasteiger partial charge in [0.05, 0.1) is 12.4 Å². The lowest BCUT2D eigenvalue weighted by Crippen LogP contribution is -2.07. The lowest BCUT2D eigenvalue weighted by atomic mass is 10.1. The molecule has 0 saturated carbocycles. The molecule has 18 heavy (non-hydrogen) atoms. The van der Waals surface area contributed by atoms with Crippen LogP contribution in [0.15, 0.2) is 30.6 Å². The highest BCUT2D eigenvalue weighted by atomic mass is 19.1. The summed E-state index contributed by atoms with van der Waals surface area (Å²) in [5.74, 6) is 0.853. The van der Waals surface area contributed by atoms with Gasteiger partial charge in [-0.3, -0.25) is 4.68 Å². The van der Waals surface area contributed by atoms with Crippen LogP contribution in [0.5, 0.6) is 11.5 Å². The Morgan fingerprint density at radius 1 is 1.50 bits per heavy atom. The molecule has 0 aliphatic rings. The van der Waals surface area contributed by atoms with Crippen molar-refractivity contribution >= 4 is 0 Å². The summed E-state index contributed by atoms with van der Waals surface area (Å²) in [6.07, 6.45) is 3.41. The maximum absolute atomic E-state index is 13.2. The van der Waals surface area contributed by atoms with E-state index >= 15 is 0 Å². The van der Waals surface area contributed by atoms with Gasteiger partial charge in [0.2, 0.25) is 0 Å². The minimum Gasteiger partial charge on any atom is -0.454 e. The number of nitrogens with zero attached hydrogens (tertiary/aromatic N) is 2. The van der Waals surface area contributed by atoms with Gasteiger partial charge in [-0.15, -0.1) is 0 Å². The van der Waals surface area contributed by atoms with E-state index in [-0.39, 0.29) is 11.9 Å². The normalized spacial score (nSPS) is 12.4. The number of rotatable bonds is 4. The van der Waals surface area contributed by atoms with Crippen molar-refractivity contribution in [3.05, 3.63) is 42.0 Å². The topological polar surface area (TPSA) is 53.1 Å². The minimum absolute atomic E-state index is 0.295. The molecule has 0 radical (unpaired) electrons. The van der Waals surface area contributed by atoms with Gasteiger partial charge in [-0.25, -0.2) is 4.39 Å². The number of hydrogen-bond acceptors (Lipinski definition) is 3. The number of benzene rings is 1. The fraction of sp³-hybridized carbons (Fsp3) is 0.308. The quantitative estimate of drug-likeness (QED) is 0.906. The molecular formula is C13H16FN3O. The lowest BCUT2D eigenvalue weighted by molar-refractivity contribution is 0.468. The van der Waals surface area contributed by atoms with E-state index in [0.717, 1.165) is 6.54 Å². The average Bonchev–Trinajstić information content (AvgIpc) is 2.79. The summed E-state index contributed by atoms with van der Waals surface area (Å²) in [6, 6.07) is 4.03. The van der Waals surface area contributed by atoms with E-state index in [4.69, 9.17) is 10.5 Å². The molecule has 0 aliphatic heterocycles. The average molecular weight is 249 g/mol. The molecular weight excluding hydrogens is 233 g/mol. The summed E-state index contributed by atoms with van der Waals surface area (Å²) in [6.45, 7) is 4.55. The van der Waals surface area contributed by atoms with Crippen molar-refractivity contribution in [3.8, 4) is 11.5 Å². The summed E-state index contributed by atoms with van der Waals surface area (Å²) in [5, 5.41) is 4.11. The first-order valence-corrected chi connectivity index (χ1v) is 5.85. The van der Waals surface area contributed by atoms with Crippen molar-refractivity contribution < 1.29 is 9.13 Å². The first kappa shape index (κ1) is 12.6. The molecule has 4 nitrogen and oxygen atoms in total. The van der Waals surface area contributed by atoms with Crippen LogP contribution in [-0.2, 0) is 6.54 Å². The standard InChI is InChI=1S/C13H16FN3O/c1-3-17-8-11(7-16-17)18-13-5-4-10(14)6-12(13)9(2)15/h4-9H,3,15H2,1-2H3. The zero-order valence-electron chi connectivity index (χ0n) is 10.4. The van der Waals surface area contributed by atoms with E-state index in [0.29, 0.717) is 17.1 Å². The first-order chi connectivity index (χ1) is 8.60. The Kier molecular flexibility index (Phi) is 3.62. The van der Waals surface area contributed by atoms with Crippen molar-refractivity contribution in [2.75, 3.05) is 0 Å². The monoisotopic (exact) mass is 249 g/mol. The second kappa shape index (κ2) is 5.18. The Morgan fingerprint density at radius 3 is 2.89 bits per heavy atom. The SMILES string of the molecule is CCn1cc(Oc2ccc(F)cc2C(C)N)cn1. The van der Waals surface area contributed by atoms with Crippen molar-refractivity contribution in [1.29, 1.82) is 0 Å². The minimum atomic E-state index is -0.320. The number of ether oxygens (including phenoxy) is 1. The molecule has 2 rings (SSSR count). The van der Waals surface area contributed by atoms with Crippen LogP contribution < -0.4 is 10.5 Å². The van der Waals surface area contributed by atoms with Gasteiger partial charge in [-0.05, 0) is 32.0 Å². The molecule has 0 spiro atoms. The molecule has 96 valence electrons. The van der Waals surface area contributed by atoms with E-state index in [2.05, 4.69) is 5.10 Å². The number of aromatic nitrogens is 2. The summed E-state index contributed by atoms with van der Waals surface area (Å²) in [5.41, 5.74) is 6.44. The molecule has 1 unspecified atom stereocenters. The van der Waals surface area contributed by atoms with Crippen molar-refractivity contribution in [1.82, 2.24) is 9.78 Å². The van der Waals surface area contributed by atoms with Crippen LogP contribution in [-0.4, -0.2) is 9.78 Å². The van der Waals surface area contributed by atoms with Crippen molar-refractivity contribution in [2.24, 2.45) is 5.73 Å². The molecule has 0 bridgehead atoms. The Hall–Kier alpha value is -1.88. The molecule has 1 heterocycles. The van der Waals surface area contributed by atoms with E-state index in [1.54, 1.807) is 30.1 Å². The van der Waals surface area contributed by atoms with Crippen LogP contribution in [0.2, 0.25) is 0 Å². The number of hydrogen-bond donors (Lipinski definition) is 1. The molecule has 0 saturated heterocycles. The Labute approximate surface area is 105 Å². The third-order valence-corrected chi connectivity index (χ3v) is 2.62. The first-order valence-electron chi connectivity index (χ1n) is 5.85. The fourth-order valence-electron chi connectivity index (χ4n) is 1.67. The molecule has 1 aromatic carbocycles. The van der Waals surface area contributed by atoms with Gasteiger partial charge in [0, 0.05) is 18.2 Å². The van der Waals surface area contributed by atoms with Gasteiger partial charge in [-0.1, -0.05) is 0 Å². The molecule has 5 heteroatoms. The van der Waals surface area contributed by atoms with E-state index in [1.165, 1.54) is 12.1 Å². The highest BCUT2D eigenvalue weighted by Gasteiger charge is 2.11. The van der Waals surface area contributed by atoms with Gasteiger partial charge < -0.3 is 10.5 Å². The fourth-order valence-corrected chi connectivity index (χ4v) is 1.67. The van der Waals surface area contributed by atoms with Crippen LogP contribution in [0.3, 0.4) is 0 Å².